The van der Waals surface area contributed by atoms with Crippen molar-refractivity contribution in [2.24, 2.45) is 17.1 Å². The standard InChI is InChI=1S/C15H29N3S/c1-12-18-11-14(19-12)10-17-9-5-6-13(7-8-16)15(2,3)4/h11,13,17H,5-10,16H2,1-4H3. The van der Waals surface area contributed by atoms with Crippen LogP contribution >= 0.6 is 11.3 Å². The number of thiazole rings is 1. The van der Waals surface area contributed by atoms with Gasteiger partial charge in [0, 0.05) is 17.6 Å². The number of aromatic nitrogens is 1. The van der Waals surface area contributed by atoms with Crippen molar-refractivity contribution in [3.63, 3.8) is 0 Å². The maximum atomic E-state index is 5.71. The van der Waals surface area contributed by atoms with Crippen molar-refractivity contribution in [3.05, 3.63) is 16.1 Å². The van der Waals surface area contributed by atoms with Crippen molar-refractivity contribution in [1.29, 1.82) is 0 Å². The minimum absolute atomic E-state index is 0.369. The van der Waals surface area contributed by atoms with Gasteiger partial charge in [-0.15, -0.1) is 11.3 Å². The first-order chi connectivity index (χ1) is 8.93. The number of rotatable bonds is 8. The Balaban J connectivity index is 2.18. The first-order valence-corrected chi connectivity index (χ1v) is 8.07. The molecule has 0 aliphatic rings. The number of hydrogen-bond acceptors (Lipinski definition) is 4. The zero-order chi connectivity index (χ0) is 14.3. The fourth-order valence-electron chi connectivity index (χ4n) is 2.38. The van der Waals surface area contributed by atoms with Crippen molar-refractivity contribution in [2.45, 2.75) is 53.5 Å². The van der Waals surface area contributed by atoms with E-state index >= 15 is 0 Å². The lowest BCUT2D eigenvalue weighted by Gasteiger charge is -2.30. The van der Waals surface area contributed by atoms with Gasteiger partial charge >= 0.3 is 0 Å². The Morgan fingerprint density at radius 2 is 2.11 bits per heavy atom. The van der Waals surface area contributed by atoms with Gasteiger partial charge in [0.25, 0.3) is 0 Å². The monoisotopic (exact) mass is 283 g/mol. The van der Waals surface area contributed by atoms with E-state index in [9.17, 15) is 0 Å². The van der Waals surface area contributed by atoms with E-state index in [1.165, 1.54) is 17.7 Å². The van der Waals surface area contributed by atoms with Crippen LogP contribution in [-0.4, -0.2) is 18.1 Å². The van der Waals surface area contributed by atoms with E-state index in [1.807, 2.05) is 6.20 Å². The van der Waals surface area contributed by atoms with Crippen LogP contribution in [0.4, 0.5) is 0 Å². The molecule has 0 amide bonds. The molecule has 4 heteroatoms. The summed E-state index contributed by atoms with van der Waals surface area (Å²) in [6, 6.07) is 0. The summed E-state index contributed by atoms with van der Waals surface area (Å²) in [5.41, 5.74) is 6.08. The van der Waals surface area contributed by atoms with Gasteiger partial charge in [0.1, 0.15) is 0 Å². The summed E-state index contributed by atoms with van der Waals surface area (Å²) >= 11 is 1.77. The van der Waals surface area contributed by atoms with Crippen molar-refractivity contribution in [1.82, 2.24) is 10.3 Å². The number of nitrogens with one attached hydrogen (secondary N) is 1. The largest absolute Gasteiger partial charge is 0.330 e. The summed E-state index contributed by atoms with van der Waals surface area (Å²) in [7, 11) is 0. The molecule has 3 nitrogen and oxygen atoms in total. The highest BCUT2D eigenvalue weighted by atomic mass is 32.1. The van der Waals surface area contributed by atoms with E-state index < -0.39 is 0 Å². The summed E-state index contributed by atoms with van der Waals surface area (Å²) in [5.74, 6) is 0.727. The van der Waals surface area contributed by atoms with Crippen LogP contribution in [0.3, 0.4) is 0 Å². The zero-order valence-electron chi connectivity index (χ0n) is 12.8. The van der Waals surface area contributed by atoms with Crippen LogP contribution in [0.5, 0.6) is 0 Å². The maximum absolute atomic E-state index is 5.71. The highest BCUT2D eigenvalue weighted by Gasteiger charge is 2.22. The van der Waals surface area contributed by atoms with Crippen molar-refractivity contribution in [2.75, 3.05) is 13.1 Å². The van der Waals surface area contributed by atoms with Crippen LogP contribution in [0.1, 0.15) is 49.9 Å². The number of hydrogen-bond donors (Lipinski definition) is 2. The van der Waals surface area contributed by atoms with Crippen LogP contribution in [0.25, 0.3) is 0 Å². The maximum Gasteiger partial charge on any atom is 0.0897 e. The van der Waals surface area contributed by atoms with Crippen LogP contribution in [0.15, 0.2) is 6.20 Å². The van der Waals surface area contributed by atoms with Crippen LogP contribution < -0.4 is 11.1 Å². The molecule has 0 aliphatic heterocycles. The van der Waals surface area contributed by atoms with Crippen LogP contribution in [0, 0.1) is 18.3 Å². The average molecular weight is 283 g/mol. The van der Waals surface area contributed by atoms with Crippen molar-refractivity contribution < 1.29 is 0 Å². The third kappa shape index (κ3) is 6.50. The highest BCUT2D eigenvalue weighted by molar-refractivity contribution is 7.11. The second-order valence-electron chi connectivity index (χ2n) is 6.30. The summed E-state index contributed by atoms with van der Waals surface area (Å²) < 4.78 is 0. The Kier molecular flexibility index (Phi) is 6.97. The van der Waals surface area contributed by atoms with E-state index in [0.717, 1.165) is 37.0 Å². The average Bonchev–Trinajstić information content (AvgIpc) is 2.72. The number of nitrogens with zero attached hydrogens (tertiary/aromatic N) is 1. The third-order valence-corrected chi connectivity index (χ3v) is 4.53. The summed E-state index contributed by atoms with van der Waals surface area (Å²) in [4.78, 5) is 5.59. The molecular weight excluding hydrogens is 254 g/mol. The van der Waals surface area contributed by atoms with Gasteiger partial charge in [0.15, 0.2) is 0 Å². The van der Waals surface area contributed by atoms with E-state index in [4.69, 9.17) is 5.73 Å². The molecule has 110 valence electrons. The lowest BCUT2D eigenvalue weighted by Crippen LogP contribution is -2.25. The van der Waals surface area contributed by atoms with Gasteiger partial charge in [-0.3, -0.25) is 0 Å². The molecule has 1 atom stereocenters. The molecular formula is C15H29N3S. The minimum Gasteiger partial charge on any atom is -0.330 e. The molecule has 0 aliphatic carbocycles. The summed E-state index contributed by atoms with van der Waals surface area (Å²) in [6.07, 6.45) is 5.59. The zero-order valence-corrected chi connectivity index (χ0v) is 13.6. The molecule has 0 radical (unpaired) electrons. The molecule has 1 unspecified atom stereocenters. The van der Waals surface area contributed by atoms with Gasteiger partial charge in [0.2, 0.25) is 0 Å². The molecule has 1 heterocycles. The van der Waals surface area contributed by atoms with Crippen molar-refractivity contribution >= 4 is 11.3 Å². The fourth-order valence-corrected chi connectivity index (χ4v) is 3.15. The second kappa shape index (κ2) is 7.98. The molecule has 0 bridgehead atoms. The Bertz CT molecular complexity index is 355. The Morgan fingerprint density at radius 3 is 2.63 bits per heavy atom. The molecule has 0 spiro atoms. The molecule has 0 saturated heterocycles. The fraction of sp³-hybridized carbons (Fsp3) is 0.800. The summed E-state index contributed by atoms with van der Waals surface area (Å²) in [6.45, 7) is 11.8. The van der Waals surface area contributed by atoms with E-state index in [0.29, 0.717) is 5.41 Å². The second-order valence-corrected chi connectivity index (χ2v) is 7.62. The smallest absolute Gasteiger partial charge is 0.0897 e. The molecule has 0 aromatic carbocycles. The van der Waals surface area contributed by atoms with E-state index in [-0.39, 0.29) is 0 Å². The van der Waals surface area contributed by atoms with E-state index in [1.54, 1.807) is 11.3 Å². The number of nitrogens with two attached hydrogens (primary N) is 1. The predicted molar refractivity (Wildman–Crippen MR) is 84.4 cm³/mol. The molecule has 3 N–H and O–H groups in total. The summed E-state index contributed by atoms with van der Waals surface area (Å²) in [5, 5.41) is 4.65. The van der Waals surface area contributed by atoms with Gasteiger partial charge in [-0.2, -0.15) is 0 Å². The lowest BCUT2D eigenvalue weighted by molar-refractivity contribution is 0.210. The van der Waals surface area contributed by atoms with Crippen LogP contribution in [-0.2, 0) is 6.54 Å². The normalized spacial score (nSPS) is 13.7. The predicted octanol–water partition coefficient (Wildman–Crippen LogP) is 3.33. The molecule has 0 saturated carbocycles. The van der Waals surface area contributed by atoms with Gasteiger partial charge < -0.3 is 11.1 Å². The minimum atomic E-state index is 0.369. The molecule has 1 aromatic heterocycles. The Morgan fingerprint density at radius 1 is 1.37 bits per heavy atom. The van der Waals surface area contributed by atoms with Gasteiger partial charge in [-0.25, -0.2) is 4.98 Å². The molecule has 0 fully saturated rings. The van der Waals surface area contributed by atoms with Crippen LogP contribution in [0.2, 0.25) is 0 Å². The topological polar surface area (TPSA) is 50.9 Å². The van der Waals surface area contributed by atoms with Gasteiger partial charge in [-0.05, 0) is 50.6 Å². The molecule has 1 rings (SSSR count). The van der Waals surface area contributed by atoms with E-state index in [2.05, 4.69) is 38.0 Å². The Labute approximate surface area is 122 Å². The third-order valence-electron chi connectivity index (χ3n) is 3.61. The molecule has 19 heavy (non-hydrogen) atoms. The first kappa shape index (κ1) is 16.6. The quantitative estimate of drug-likeness (QED) is 0.720. The SMILES string of the molecule is Cc1ncc(CNCCCC(CCN)C(C)(C)C)s1. The Hall–Kier alpha value is -0.450. The molecule has 1 aromatic rings. The van der Waals surface area contributed by atoms with Gasteiger partial charge in [-0.1, -0.05) is 20.8 Å². The lowest BCUT2D eigenvalue weighted by atomic mass is 9.76. The number of aryl methyl sites for hydroxylation is 1. The first-order valence-electron chi connectivity index (χ1n) is 7.25. The van der Waals surface area contributed by atoms with Crippen molar-refractivity contribution in [3.8, 4) is 0 Å². The highest BCUT2D eigenvalue weighted by Crippen LogP contribution is 2.31. The van der Waals surface area contributed by atoms with Gasteiger partial charge in [0.05, 0.1) is 5.01 Å².